The molecule has 0 saturated heterocycles. The fourth-order valence-electron chi connectivity index (χ4n) is 1.52. The molecule has 17 heavy (non-hydrogen) atoms. The highest BCUT2D eigenvalue weighted by molar-refractivity contribution is 5.75. The van der Waals surface area contributed by atoms with Gasteiger partial charge in [0.2, 0.25) is 5.91 Å². The summed E-state index contributed by atoms with van der Waals surface area (Å²) in [6, 6.07) is 5.83. The molecule has 1 heterocycles. The van der Waals surface area contributed by atoms with Gasteiger partial charge in [0.15, 0.2) is 0 Å². The molecule has 0 radical (unpaired) electrons. The van der Waals surface area contributed by atoms with E-state index in [2.05, 4.69) is 24.1 Å². The van der Waals surface area contributed by atoms with Crippen LogP contribution in [0, 0.1) is 0 Å². The second-order valence-electron chi connectivity index (χ2n) is 4.77. The van der Waals surface area contributed by atoms with Gasteiger partial charge < -0.3 is 11.1 Å². The molecular formula is C13H21N3O. The Morgan fingerprint density at radius 3 is 2.82 bits per heavy atom. The molecule has 0 spiro atoms. The normalized spacial score (nSPS) is 11.2. The molecule has 94 valence electrons. The van der Waals surface area contributed by atoms with Gasteiger partial charge in [0.25, 0.3) is 0 Å². The second-order valence-corrected chi connectivity index (χ2v) is 4.77. The maximum Gasteiger partial charge on any atom is 0.220 e. The Balaban J connectivity index is 2.48. The zero-order chi connectivity index (χ0) is 12.7. The van der Waals surface area contributed by atoms with Crippen LogP contribution in [-0.2, 0) is 10.2 Å². The molecule has 0 aliphatic rings. The Hall–Kier alpha value is -1.42. The predicted molar refractivity (Wildman–Crippen MR) is 68.6 cm³/mol. The molecule has 0 atom stereocenters. The third-order valence-corrected chi connectivity index (χ3v) is 2.69. The molecule has 4 nitrogen and oxygen atoms in total. The van der Waals surface area contributed by atoms with E-state index in [0.29, 0.717) is 19.5 Å². The van der Waals surface area contributed by atoms with Crippen molar-refractivity contribution in [1.29, 1.82) is 0 Å². The van der Waals surface area contributed by atoms with E-state index in [-0.39, 0.29) is 11.3 Å². The summed E-state index contributed by atoms with van der Waals surface area (Å²) in [6.45, 7) is 5.28. The predicted octanol–water partition coefficient (Wildman–Crippen LogP) is 1.21. The maximum absolute atomic E-state index is 11.5. The standard InChI is InChI=1S/C13H21N3O/c1-13(2,11-6-3-4-9-15-11)10-16-12(17)7-5-8-14/h3-4,6,9H,5,7-8,10,14H2,1-2H3,(H,16,17). The molecule has 0 fully saturated rings. The van der Waals surface area contributed by atoms with Gasteiger partial charge in [0.1, 0.15) is 0 Å². The Bertz CT molecular complexity index is 349. The third-order valence-electron chi connectivity index (χ3n) is 2.69. The lowest BCUT2D eigenvalue weighted by molar-refractivity contribution is -0.121. The summed E-state index contributed by atoms with van der Waals surface area (Å²) in [7, 11) is 0. The van der Waals surface area contributed by atoms with E-state index in [9.17, 15) is 4.79 Å². The average Bonchev–Trinajstić information content (AvgIpc) is 2.35. The number of nitrogens with two attached hydrogens (primary N) is 1. The summed E-state index contributed by atoms with van der Waals surface area (Å²) in [5.41, 5.74) is 6.19. The summed E-state index contributed by atoms with van der Waals surface area (Å²) in [6.07, 6.45) is 3.00. The van der Waals surface area contributed by atoms with Crippen molar-refractivity contribution in [3.63, 3.8) is 0 Å². The number of nitrogens with zero attached hydrogens (tertiary/aromatic N) is 1. The highest BCUT2D eigenvalue weighted by atomic mass is 16.1. The van der Waals surface area contributed by atoms with Crippen molar-refractivity contribution in [3.05, 3.63) is 30.1 Å². The van der Waals surface area contributed by atoms with Gasteiger partial charge in [-0.15, -0.1) is 0 Å². The van der Waals surface area contributed by atoms with E-state index in [1.54, 1.807) is 6.20 Å². The summed E-state index contributed by atoms with van der Waals surface area (Å²) in [5.74, 6) is 0.0551. The van der Waals surface area contributed by atoms with Gasteiger partial charge in [0.05, 0.1) is 0 Å². The number of nitrogens with one attached hydrogen (secondary N) is 1. The SMILES string of the molecule is CC(C)(CNC(=O)CCCN)c1ccccn1. The van der Waals surface area contributed by atoms with Crippen molar-refractivity contribution in [1.82, 2.24) is 10.3 Å². The quantitative estimate of drug-likeness (QED) is 0.779. The molecule has 0 saturated carbocycles. The van der Waals surface area contributed by atoms with Crippen LogP contribution in [0.25, 0.3) is 0 Å². The van der Waals surface area contributed by atoms with Crippen LogP contribution in [0.15, 0.2) is 24.4 Å². The number of pyridine rings is 1. The van der Waals surface area contributed by atoms with Gasteiger partial charge in [-0.25, -0.2) is 0 Å². The number of carbonyl (C=O) groups is 1. The Morgan fingerprint density at radius 2 is 2.24 bits per heavy atom. The summed E-state index contributed by atoms with van der Waals surface area (Å²) in [5, 5.41) is 2.92. The molecule has 3 N–H and O–H groups in total. The first-order valence-corrected chi connectivity index (χ1v) is 5.94. The van der Waals surface area contributed by atoms with Crippen LogP contribution in [0.2, 0.25) is 0 Å². The van der Waals surface area contributed by atoms with Gasteiger partial charge in [-0.1, -0.05) is 19.9 Å². The van der Waals surface area contributed by atoms with Crippen LogP contribution in [0.5, 0.6) is 0 Å². The number of aromatic nitrogens is 1. The zero-order valence-corrected chi connectivity index (χ0v) is 10.6. The number of hydrogen-bond donors (Lipinski definition) is 2. The lowest BCUT2D eigenvalue weighted by atomic mass is 9.88. The van der Waals surface area contributed by atoms with Crippen molar-refractivity contribution >= 4 is 5.91 Å². The van der Waals surface area contributed by atoms with Crippen LogP contribution in [0.4, 0.5) is 0 Å². The molecule has 0 aromatic carbocycles. The molecule has 0 bridgehead atoms. The van der Waals surface area contributed by atoms with E-state index in [1.165, 1.54) is 0 Å². The fraction of sp³-hybridized carbons (Fsp3) is 0.538. The van der Waals surface area contributed by atoms with Crippen molar-refractivity contribution in [2.75, 3.05) is 13.1 Å². The van der Waals surface area contributed by atoms with Crippen molar-refractivity contribution < 1.29 is 4.79 Å². The Labute approximate surface area is 103 Å². The minimum absolute atomic E-state index is 0.0551. The van der Waals surface area contributed by atoms with Gasteiger partial charge >= 0.3 is 0 Å². The van der Waals surface area contributed by atoms with Crippen LogP contribution >= 0.6 is 0 Å². The molecule has 1 aromatic rings. The molecule has 0 aliphatic carbocycles. The van der Waals surface area contributed by atoms with Crippen molar-refractivity contribution in [2.45, 2.75) is 32.1 Å². The number of rotatable bonds is 6. The summed E-state index contributed by atoms with van der Waals surface area (Å²) >= 11 is 0. The van der Waals surface area contributed by atoms with E-state index < -0.39 is 0 Å². The monoisotopic (exact) mass is 235 g/mol. The maximum atomic E-state index is 11.5. The first kappa shape index (κ1) is 13.6. The highest BCUT2D eigenvalue weighted by Gasteiger charge is 2.22. The van der Waals surface area contributed by atoms with Crippen LogP contribution < -0.4 is 11.1 Å². The molecule has 0 aliphatic heterocycles. The van der Waals surface area contributed by atoms with Gasteiger partial charge in [0, 0.05) is 30.3 Å². The first-order chi connectivity index (χ1) is 8.06. The van der Waals surface area contributed by atoms with Gasteiger partial charge in [-0.2, -0.15) is 0 Å². The summed E-state index contributed by atoms with van der Waals surface area (Å²) in [4.78, 5) is 15.8. The van der Waals surface area contributed by atoms with E-state index in [4.69, 9.17) is 5.73 Å². The van der Waals surface area contributed by atoms with Crippen LogP contribution in [-0.4, -0.2) is 24.0 Å². The number of hydrogen-bond acceptors (Lipinski definition) is 3. The number of carbonyl (C=O) groups excluding carboxylic acids is 1. The lowest BCUT2D eigenvalue weighted by Gasteiger charge is -2.24. The van der Waals surface area contributed by atoms with Crippen LogP contribution in [0.3, 0.4) is 0 Å². The van der Waals surface area contributed by atoms with Crippen LogP contribution in [0.1, 0.15) is 32.4 Å². The fourth-order valence-corrected chi connectivity index (χ4v) is 1.52. The Morgan fingerprint density at radius 1 is 1.47 bits per heavy atom. The zero-order valence-electron chi connectivity index (χ0n) is 10.6. The molecule has 0 unspecified atom stereocenters. The van der Waals surface area contributed by atoms with Gasteiger partial charge in [-0.3, -0.25) is 9.78 Å². The molecule has 1 amide bonds. The van der Waals surface area contributed by atoms with E-state index in [1.807, 2.05) is 18.2 Å². The van der Waals surface area contributed by atoms with Crippen molar-refractivity contribution in [2.24, 2.45) is 5.73 Å². The molecule has 1 aromatic heterocycles. The minimum atomic E-state index is -0.153. The highest BCUT2D eigenvalue weighted by Crippen LogP contribution is 2.19. The van der Waals surface area contributed by atoms with Gasteiger partial charge in [-0.05, 0) is 25.1 Å². The second kappa shape index (κ2) is 6.35. The average molecular weight is 235 g/mol. The summed E-state index contributed by atoms with van der Waals surface area (Å²) < 4.78 is 0. The topological polar surface area (TPSA) is 68.0 Å². The third kappa shape index (κ3) is 4.53. The first-order valence-electron chi connectivity index (χ1n) is 5.94. The smallest absolute Gasteiger partial charge is 0.220 e. The van der Waals surface area contributed by atoms with Crippen molar-refractivity contribution in [3.8, 4) is 0 Å². The minimum Gasteiger partial charge on any atom is -0.355 e. The largest absolute Gasteiger partial charge is 0.355 e. The van der Waals surface area contributed by atoms with E-state index in [0.717, 1.165) is 12.1 Å². The molecule has 4 heteroatoms. The Kier molecular flexibility index (Phi) is 5.10. The van der Waals surface area contributed by atoms with E-state index >= 15 is 0 Å². The molecular weight excluding hydrogens is 214 g/mol. The molecule has 1 rings (SSSR count). The number of amides is 1. The lowest BCUT2D eigenvalue weighted by Crippen LogP contribution is -2.37.